The number of hydrogen-bond donors (Lipinski definition) is 3. The number of alkyl halides is 6. The standard InChI is InChI=1S/C26H29F6N3O6S2/c1-14-12-16(24(39,25(27,28)29)26(30,31)32)5-6-17(14)19-18(22(37)35-9-3-4-15(35)2)34-21(42-19)20(36)33-13-23(38)7-10-43(40,41)11-8-23/h5-6,12,15,38-39H,3-4,7-11,13H2,1-2H3,(H,33,36)/t15-/m0/s1. The van der Waals surface area contributed by atoms with E-state index in [1.807, 2.05) is 0 Å². The number of benzene rings is 1. The van der Waals surface area contributed by atoms with Crippen LogP contribution in [0.25, 0.3) is 10.4 Å². The molecule has 9 nitrogen and oxygen atoms in total. The van der Waals surface area contributed by atoms with Gasteiger partial charge in [0, 0.05) is 24.7 Å². The highest BCUT2D eigenvalue weighted by Crippen LogP contribution is 2.50. The van der Waals surface area contributed by atoms with Crippen LogP contribution in [0.1, 0.15) is 64.0 Å². The van der Waals surface area contributed by atoms with Gasteiger partial charge in [0.05, 0.1) is 22.0 Å². The predicted molar refractivity (Wildman–Crippen MR) is 143 cm³/mol. The van der Waals surface area contributed by atoms with Gasteiger partial charge in [0.1, 0.15) is 5.69 Å². The quantitative estimate of drug-likeness (QED) is 0.403. The Hall–Kier alpha value is -2.76. The number of thiazole rings is 1. The van der Waals surface area contributed by atoms with Gasteiger partial charge in [-0.25, -0.2) is 13.4 Å². The van der Waals surface area contributed by atoms with Gasteiger partial charge in [-0.15, -0.1) is 11.3 Å². The maximum Gasteiger partial charge on any atom is 0.430 e. The fourth-order valence-corrected chi connectivity index (χ4v) is 7.81. The molecule has 238 valence electrons. The van der Waals surface area contributed by atoms with Crippen molar-refractivity contribution in [1.82, 2.24) is 15.2 Å². The van der Waals surface area contributed by atoms with Crippen LogP contribution in [0.3, 0.4) is 0 Å². The first-order valence-corrected chi connectivity index (χ1v) is 15.8. The molecule has 0 unspecified atom stereocenters. The second-order valence-corrected chi connectivity index (χ2v) is 14.3. The topological polar surface area (TPSA) is 137 Å². The highest BCUT2D eigenvalue weighted by atomic mass is 32.2. The largest absolute Gasteiger partial charge is 0.430 e. The van der Waals surface area contributed by atoms with Crippen LogP contribution in [0, 0.1) is 6.92 Å². The number of aryl methyl sites for hydroxylation is 1. The maximum absolute atomic E-state index is 13.5. The molecule has 2 aliphatic rings. The fraction of sp³-hybridized carbons (Fsp3) is 0.577. The first-order chi connectivity index (χ1) is 19.7. The van der Waals surface area contributed by atoms with Crippen LogP contribution < -0.4 is 5.32 Å². The molecule has 2 aliphatic heterocycles. The van der Waals surface area contributed by atoms with E-state index in [9.17, 15) is 54.6 Å². The Morgan fingerprint density at radius 1 is 1.14 bits per heavy atom. The summed E-state index contributed by atoms with van der Waals surface area (Å²) in [5, 5.41) is 22.7. The van der Waals surface area contributed by atoms with Crippen molar-refractivity contribution in [1.29, 1.82) is 0 Å². The molecule has 1 atom stereocenters. The van der Waals surface area contributed by atoms with E-state index in [1.165, 1.54) is 11.8 Å². The first kappa shape index (κ1) is 33.1. The van der Waals surface area contributed by atoms with Crippen LogP contribution in [0.2, 0.25) is 0 Å². The van der Waals surface area contributed by atoms with Crippen molar-refractivity contribution in [2.75, 3.05) is 24.6 Å². The van der Waals surface area contributed by atoms with Gasteiger partial charge in [-0.3, -0.25) is 9.59 Å². The lowest BCUT2D eigenvalue weighted by molar-refractivity contribution is -0.376. The predicted octanol–water partition coefficient (Wildman–Crippen LogP) is 3.72. The van der Waals surface area contributed by atoms with E-state index in [4.69, 9.17) is 0 Å². The van der Waals surface area contributed by atoms with Crippen molar-refractivity contribution < 1.29 is 54.6 Å². The van der Waals surface area contributed by atoms with Crippen molar-refractivity contribution >= 4 is 33.0 Å². The minimum absolute atomic E-state index is 0.0170. The van der Waals surface area contributed by atoms with Gasteiger partial charge in [0.15, 0.2) is 14.8 Å². The molecule has 0 bridgehead atoms. The molecule has 2 saturated heterocycles. The van der Waals surface area contributed by atoms with Gasteiger partial charge >= 0.3 is 12.4 Å². The zero-order valence-corrected chi connectivity index (χ0v) is 24.6. The lowest BCUT2D eigenvalue weighted by Crippen LogP contribution is -2.53. The summed E-state index contributed by atoms with van der Waals surface area (Å²) < 4.78 is 104. The van der Waals surface area contributed by atoms with E-state index in [2.05, 4.69) is 10.3 Å². The zero-order chi connectivity index (χ0) is 32.2. The number of amides is 2. The van der Waals surface area contributed by atoms with Crippen LogP contribution in [0.15, 0.2) is 18.2 Å². The molecule has 3 heterocycles. The van der Waals surface area contributed by atoms with Crippen molar-refractivity contribution in [3.05, 3.63) is 40.0 Å². The average Bonchev–Trinajstić information content (AvgIpc) is 3.54. The molecule has 1 aromatic carbocycles. The molecule has 0 spiro atoms. The second kappa shape index (κ2) is 11.3. The molecule has 2 amide bonds. The highest BCUT2D eigenvalue weighted by Gasteiger charge is 2.71. The Bertz CT molecular complexity index is 1490. The third kappa shape index (κ3) is 6.40. The van der Waals surface area contributed by atoms with E-state index in [-0.39, 0.29) is 63.6 Å². The molecule has 0 aliphatic carbocycles. The summed E-state index contributed by atoms with van der Waals surface area (Å²) in [7, 11) is -3.30. The molecule has 0 saturated carbocycles. The number of sulfone groups is 1. The monoisotopic (exact) mass is 657 g/mol. The van der Waals surface area contributed by atoms with Gasteiger partial charge in [-0.05, 0) is 50.7 Å². The van der Waals surface area contributed by atoms with Crippen molar-refractivity contribution in [3.63, 3.8) is 0 Å². The number of aliphatic hydroxyl groups is 2. The van der Waals surface area contributed by atoms with Crippen molar-refractivity contribution in [2.45, 2.75) is 69.1 Å². The smallest absolute Gasteiger partial charge is 0.388 e. The van der Waals surface area contributed by atoms with Crippen LogP contribution in [-0.4, -0.2) is 88.9 Å². The summed E-state index contributed by atoms with van der Waals surface area (Å²) in [5.74, 6) is -1.93. The Balaban J connectivity index is 1.71. The van der Waals surface area contributed by atoms with E-state index >= 15 is 0 Å². The second-order valence-electron chi connectivity index (χ2n) is 11.0. The third-order valence-corrected chi connectivity index (χ3v) is 10.6. The van der Waals surface area contributed by atoms with Gasteiger partial charge in [0.25, 0.3) is 17.4 Å². The number of carbonyl (C=O) groups excluding carboxylic acids is 2. The summed E-state index contributed by atoms with van der Waals surface area (Å²) in [6.45, 7) is 3.05. The summed E-state index contributed by atoms with van der Waals surface area (Å²) in [4.78, 5) is 32.3. The minimum Gasteiger partial charge on any atom is -0.388 e. The molecule has 4 rings (SSSR count). The Kier molecular flexibility index (Phi) is 8.71. The van der Waals surface area contributed by atoms with Crippen LogP contribution in [0.5, 0.6) is 0 Å². The van der Waals surface area contributed by atoms with Gasteiger partial charge in [0.2, 0.25) is 0 Å². The molecule has 0 radical (unpaired) electrons. The number of halogens is 6. The molecule has 43 heavy (non-hydrogen) atoms. The van der Waals surface area contributed by atoms with Gasteiger partial charge in [-0.2, -0.15) is 26.3 Å². The molecule has 2 fully saturated rings. The number of hydrogen-bond acceptors (Lipinski definition) is 8. The van der Waals surface area contributed by atoms with E-state index < -0.39 is 50.8 Å². The van der Waals surface area contributed by atoms with Gasteiger partial charge in [-0.1, -0.05) is 18.2 Å². The highest BCUT2D eigenvalue weighted by molar-refractivity contribution is 7.91. The SMILES string of the molecule is Cc1cc(C(O)(C(F)(F)F)C(F)(F)F)ccc1-c1sc(C(=O)NCC2(O)CCS(=O)(=O)CC2)nc1C(=O)N1CCC[C@@H]1C. The average molecular weight is 658 g/mol. The number of rotatable bonds is 6. The van der Waals surface area contributed by atoms with Gasteiger partial charge < -0.3 is 20.4 Å². The van der Waals surface area contributed by atoms with E-state index in [0.717, 1.165) is 6.07 Å². The van der Waals surface area contributed by atoms with Crippen LogP contribution in [0.4, 0.5) is 26.3 Å². The molecule has 1 aromatic heterocycles. The lowest BCUT2D eigenvalue weighted by atomic mass is 9.89. The number of aromatic nitrogens is 1. The normalized spacial score (nSPS) is 20.7. The number of nitrogens with one attached hydrogen (secondary N) is 1. The Morgan fingerprint density at radius 2 is 1.74 bits per heavy atom. The number of nitrogens with zero attached hydrogens (tertiary/aromatic N) is 2. The molecule has 2 aromatic rings. The van der Waals surface area contributed by atoms with E-state index in [0.29, 0.717) is 42.9 Å². The summed E-state index contributed by atoms with van der Waals surface area (Å²) in [6, 6.07) is 1.70. The van der Waals surface area contributed by atoms with E-state index in [1.54, 1.807) is 6.92 Å². The third-order valence-electron chi connectivity index (χ3n) is 7.88. The molecular formula is C26H29F6N3O6S2. The summed E-state index contributed by atoms with van der Waals surface area (Å²) >= 11 is 0.678. The first-order valence-electron chi connectivity index (χ1n) is 13.2. The maximum atomic E-state index is 13.5. The molecule has 3 N–H and O–H groups in total. The number of carbonyl (C=O) groups is 2. The summed E-state index contributed by atoms with van der Waals surface area (Å²) in [6.07, 6.45) is -11.0. The molecular weight excluding hydrogens is 628 g/mol. The fourth-order valence-electron chi connectivity index (χ4n) is 5.16. The van der Waals surface area contributed by atoms with Crippen molar-refractivity contribution in [2.24, 2.45) is 0 Å². The summed E-state index contributed by atoms with van der Waals surface area (Å²) in [5.41, 5.74) is -8.47. The zero-order valence-electron chi connectivity index (χ0n) is 23.0. The lowest BCUT2D eigenvalue weighted by Gasteiger charge is -2.33. The molecule has 17 heteroatoms. The van der Waals surface area contributed by atoms with Crippen LogP contribution >= 0.6 is 11.3 Å². The van der Waals surface area contributed by atoms with Crippen molar-refractivity contribution in [3.8, 4) is 10.4 Å². The van der Waals surface area contributed by atoms with Crippen LogP contribution in [-0.2, 0) is 15.4 Å². The minimum atomic E-state index is -6.09. The Morgan fingerprint density at radius 3 is 2.26 bits per heavy atom. The Labute approximate surface area is 246 Å². The number of likely N-dealkylation sites (tertiary alicyclic amines) is 1.